The highest BCUT2D eigenvalue weighted by molar-refractivity contribution is 5.90. The first-order valence-corrected chi connectivity index (χ1v) is 7.99. The first kappa shape index (κ1) is 17.1. The number of carbonyl (C=O) groups excluding carboxylic acids is 1. The predicted molar refractivity (Wildman–Crippen MR) is 93.8 cm³/mol. The van der Waals surface area contributed by atoms with Crippen LogP contribution in [0, 0.1) is 20.8 Å². The number of hydrogen-bond acceptors (Lipinski definition) is 2. The van der Waals surface area contributed by atoms with E-state index in [1.807, 2.05) is 39.4 Å². The topological polar surface area (TPSA) is 50.2 Å². The molecule has 1 N–H and O–H groups in total. The van der Waals surface area contributed by atoms with E-state index in [1.54, 1.807) is 4.90 Å². The molecule has 1 aromatic carbocycles. The summed E-state index contributed by atoms with van der Waals surface area (Å²) in [6.45, 7) is 10.8. The number of hydrogen-bond donors (Lipinski definition) is 1. The zero-order valence-electron chi connectivity index (χ0n) is 14.8. The van der Waals surface area contributed by atoms with E-state index in [4.69, 9.17) is 0 Å². The minimum absolute atomic E-state index is 0.00238. The quantitative estimate of drug-likeness (QED) is 0.925. The van der Waals surface area contributed by atoms with Gasteiger partial charge in [-0.1, -0.05) is 29.8 Å². The van der Waals surface area contributed by atoms with Crippen LogP contribution in [-0.4, -0.2) is 27.8 Å². The lowest BCUT2D eigenvalue weighted by atomic mass is 10.1. The number of benzene rings is 1. The van der Waals surface area contributed by atoms with Gasteiger partial charge in [0.05, 0.1) is 23.1 Å². The molecule has 0 spiro atoms. The first-order chi connectivity index (χ1) is 10.8. The molecule has 0 radical (unpaired) electrons. The summed E-state index contributed by atoms with van der Waals surface area (Å²) in [4.78, 5) is 14.3. The van der Waals surface area contributed by atoms with E-state index < -0.39 is 0 Å². The Morgan fingerprint density at radius 2 is 1.87 bits per heavy atom. The Morgan fingerprint density at radius 1 is 1.26 bits per heavy atom. The average molecular weight is 314 g/mol. The highest BCUT2D eigenvalue weighted by Crippen LogP contribution is 2.23. The molecule has 2 rings (SSSR count). The van der Waals surface area contributed by atoms with Gasteiger partial charge in [0.15, 0.2) is 0 Å². The SMILES string of the molecule is CCn1nc(C)c(NC(=O)N(C)C(C)c2ccc(C)cc2)c1C. The van der Waals surface area contributed by atoms with Crippen molar-refractivity contribution in [2.24, 2.45) is 0 Å². The normalized spacial score (nSPS) is 12.1. The van der Waals surface area contributed by atoms with Crippen molar-refractivity contribution in [2.45, 2.75) is 47.2 Å². The molecule has 2 amide bonds. The molecule has 23 heavy (non-hydrogen) atoms. The zero-order chi connectivity index (χ0) is 17.1. The van der Waals surface area contributed by atoms with Crippen LogP contribution < -0.4 is 5.32 Å². The Kier molecular flexibility index (Phi) is 5.08. The molecule has 1 aromatic heterocycles. The molecule has 5 nitrogen and oxygen atoms in total. The molecule has 0 saturated heterocycles. The van der Waals surface area contributed by atoms with Crippen LogP contribution >= 0.6 is 0 Å². The van der Waals surface area contributed by atoms with Gasteiger partial charge in [0, 0.05) is 13.6 Å². The number of carbonyl (C=O) groups is 1. The van der Waals surface area contributed by atoms with Gasteiger partial charge in [0.1, 0.15) is 0 Å². The number of nitrogens with zero attached hydrogens (tertiary/aromatic N) is 3. The zero-order valence-corrected chi connectivity index (χ0v) is 14.8. The summed E-state index contributed by atoms with van der Waals surface area (Å²) in [5, 5.41) is 7.44. The first-order valence-electron chi connectivity index (χ1n) is 7.99. The Bertz CT molecular complexity index is 688. The second-order valence-corrected chi connectivity index (χ2v) is 5.99. The number of amides is 2. The molecular weight excluding hydrogens is 288 g/mol. The standard InChI is InChI=1S/C18H26N4O/c1-7-22-15(5)17(13(3)20-22)19-18(23)21(6)14(4)16-10-8-12(2)9-11-16/h8-11,14H,7H2,1-6H3,(H,19,23). The largest absolute Gasteiger partial charge is 0.322 e. The molecule has 5 heteroatoms. The van der Waals surface area contributed by atoms with Crippen LogP contribution in [0.1, 0.15) is 42.4 Å². The fourth-order valence-electron chi connectivity index (χ4n) is 2.63. The maximum absolute atomic E-state index is 12.6. The maximum atomic E-state index is 12.6. The number of urea groups is 1. The van der Waals surface area contributed by atoms with Gasteiger partial charge in [-0.25, -0.2) is 4.79 Å². The molecule has 0 fully saturated rings. The lowest BCUT2D eigenvalue weighted by Gasteiger charge is -2.25. The summed E-state index contributed by atoms with van der Waals surface area (Å²) in [6, 6.07) is 8.14. The van der Waals surface area contributed by atoms with Gasteiger partial charge in [0.2, 0.25) is 0 Å². The third kappa shape index (κ3) is 3.55. The van der Waals surface area contributed by atoms with Crippen LogP contribution in [0.3, 0.4) is 0 Å². The van der Waals surface area contributed by atoms with Gasteiger partial charge in [-0.15, -0.1) is 0 Å². The van der Waals surface area contributed by atoms with Crippen LogP contribution in [-0.2, 0) is 6.54 Å². The minimum atomic E-state index is -0.125. The molecule has 1 unspecified atom stereocenters. The second kappa shape index (κ2) is 6.86. The van der Waals surface area contributed by atoms with Crippen molar-refractivity contribution in [3.63, 3.8) is 0 Å². The van der Waals surface area contributed by atoms with Crippen molar-refractivity contribution in [1.29, 1.82) is 0 Å². The van der Waals surface area contributed by atoms with Crippen molar-refractivity contribution in [2.75, 3.05) is 12.4 Å². The monoisotopic (exact) mass is 314 g/mol. The molecule has 0 aliphatic carbocycles. The van der Waals surface area contributed by atoms with E-state index in [9.17, 15) is 4.79 Å². The van der Waals surface area contributed by atoms with E-state index in [0.29, 0.717) is 0 Å². The maximum Gasteiger partial charge on any atom is 0.322 e. The third-order valence-corrected chi connectivity index (χ3v) is 4.37. The molecular formula is C18H26N4O. The van der Waals surface area contributed by atoms with Gasteiger partial charge >= 0.3 is 6.03 Å². The molecule has 124 valence electrons. The van der Waals surface area contributed by atoms with Crippen LogP contribution in [0.5, 0.6) is 0 Å². The van der Waals surface area contributed by atoms with E-state index in [2.05, 4.69) is 41.6 Å². The summed E-state index contributed by atoms with van der Waals surface area (Å²) < 4.78 is 1.90. The van der Waals surface area contributed by atoms with E-state index >= 15 is 0 Å². The smallest absolute Gasteiger partial charge is 0.321 e. The van der Waals surface area contributed by atoms with Crippen LogP contribution in [0.15, 0.2) is 24.3 Å². The highest BCUT2D eigenvalue weighted by Gasteiger charge is 2.20. The van der Waals surface area contributed by atoms with Crippen LogP contribution in [0.4, 0.5) is 10.5 Å². The van der Waals surface area contributed by atoms with Gasteiger partial charge < -0.3 is 10.2 Å². The van der Waals surface area contributed by atoms with Crippen molar-refractivity contribution < 1.29 is 4.79 Å². The Balaban J connectivity index is 2.14. The second-order valence-electron chi connectivity index (χ2n) is 5.99. The van der Waals surface area contributed by atoms with Crippen LogP contribution in [0.2, 0.25) is 0 Å². The van der Waals surface area contributed by atoms with E-state index in [1.165, 1.54) is 5.56 Å². The molecule has 2 aromatic rings. The molecule has 0 bridgehead atoms. The highest BCUT2D eigenvalue weighted by atomic mass is 16.2. The van der Waals surface area contributed by atoms with Gasteiger partial charge in [-0.05, 0) is 40.2 Å². The molecule has 1 atom stereocenters. The average Bonchev–Trinajstić information content (AvgIpc) is 2.81. The minimum Gasteiger partial charge on any atom is -0.321 e. The molecule has 0 saturated carbocycles. The Labute approximate surface area is 138 Å². The number of anilines is 1. The Hall–Kier alpha value is -2.30. The summed E-state index contributed by atoms with van der Waals surface area (Å²) >= 11 is 0. The fourth-order valence-corrected chi connectivity index (χ4v) is 2.63. The third-order valence-electron chi connectivity index (χ3n) is 4.37. The van der Waals surface area contributed by atoms with Crippen molar-refractivity contribution in [1.82, 2.24) is 14.7 Å². The summed E-state index contributed by atoms with van der Waals surface area (Å²) in [7, 11) is 1.81. The van der Waals surface area contributed by atoms with Gasteiger partial charge in [0.25, 0.3) is 0 Å². The lowest BCUT2D eigenvalue weighted by molar-refractivity contribution is 0.208. The number of aryl methyl sites for hydroxylation is 3. The van der Waals surface area contributed by atoms with E-state index in [-0.39, 0.29) is 12.1 Å². The lowest BCUT2D eigenvalue weighted by Crippen LogP contribution is -2.33. The van der Waals surface area contributed by atoms with Gasteiger partial charge in [-0.3, -0.25) is 4.68 Å². The number of rotatable bonds is 4. The predicted octanol–water partition coefficient (Wildman–Crippen LogP) is 4.05. The molecule has 0 aliphatic rings. The number of aromatic nitrogens is 2. The molecule has 1 heterocycles. The molecule has 0 aliphatic heterocycles. The summed E-state index contributed by atoms with van der Waals surface area (Å²) in [5.41, 5.74) is 4.96. The number of nitrogens with one attached hydrogen (secondary N) is 1. The Morgan fingerprint density at radius 3 is 2.39 bits per heavy atom. The van der Waals surface area contributed by atoms with E-state index in [0.717, 1.165) is 29.2 Å². The van der Waals surface area contributed by atoms with Crippen molar-refractivity contribution in [3.05, 3.63) is 46.8 Å². The summed E-state index contributed by atoms with van der Waals surface area (Å²) in [6.07, 6.45) is 0. The van der Waals surface area contributed by atoms with Crippen molar-refractivity contribution >= 4 is 11.7 Å². The fraction of sp³-hybridized carbons (Fsp3) is 0.444. The van der Waals surface area contributed by atoms with Crippen LogP contribution in [0.25, 0.3) is 0 Å². The van der Waals surface area contributed by atoms with Gasteiger partial charge in [-0.2, -0.15) is 5.10 Å². The van der Waals surface area contributed by atoms with Crippen molar-refractivity contribution in [3.8, 4) is 0 Å². The summed E-state index contributed by atoms with van der Waals surface area (Å²) in [5.74, 6) is 0.